The molecule has 0 saturated carbocycles. The van der Waals surface area contributed by atoms with Gasteiger partial charge >= 0.3 is 6.03 Å². The summed E-state index contributed by atoms with van der Waals surface area (Å²) in [5, 5.41) is 8.05. The average molecular weight is 286 g/mol. The highest BCUT2D eigenvalue weighted by Crippen LogP contribution is 2.13. The molecule has 1 rings (SSSR count). The van der Waals surface area contributed by atoms with E-state index in [0.717, 1.165) is 31.8 Å². The lowest BCUT2D eigenvalue weighted by atomic mass is 10.4. The molecule has 0 spiro atoms. The number of amides is 2. The van der Waals surface area contributed by atoms with Gasteiger partial charge in [0.25, 0.3) is 0 Å². The van der Waals surface area contributed by atoms with Crippen molar-refractivity contribution in [2.75, 3.05) is 45.7 Å². The molecule has 108 valence electrons. The van der Waals surface area contributed by atoms with Crippen LogP contribution in [0.3, 0.4) is 0 Å². The summed E-state index contributed by atoms with van der Waals surface area (Å²) in [5.41, 5.74) is 0.917. The Kier molecular flexibility index (Phi) is 7.39. The third-order valence-corrected chi connectivity index (χ3v) is 3.39. The summed E-state index contributed by atoms with van der Waals surface area (Å²) >= 11 is 1.43. The van der Waals surface area contributed by atoms with Gasteiger partial charge in [0.05, 0.1) is 12.3 Å². The quantitative estimate of drug-likeness (QED) is 0.711. The highest BCUT2D eigenvalue weighted by molar-refractivity contribution is 7.13. The highest BCUT2D eigenvalue weighted by Gasteiger charge is 2.04. The third-order valence-electron chi connectivity index (χ3n) is 2.52. The van der Waals surface area contributed by atoms with Gasteiger partial charge < -0.3 is 15.0 Å². The van der Waals surface area contributed by atoms with Gasteiger partial charge in [-0.3, -0.25) is 5.32 Å². The number of thiazole rings is 1. The van der Waals surface area contributed by atoms with Gasteiger partial charge in [0, 0.05) is 25.6 Å². The van der Waals surface area contributed by atoms with E-state index in [2.05, 4.69) is 20.5 Å². The number of hydrogen-bond acceptors (Lipinski definition) is 5. The van der Waals surface area contributed by atoms with Crippen molar-refractivity contribution in [1.82, 2.24) is 15.2 Å². The van der Waals surface area contributed by atoms with Crippen LogP contribution in [0.5, 0.6) is 0 Å². The molecule has 19 heavy (non-hydrogen) atoms. The molecule has 0 atom stereocenters. The Labute approximate surface area is 118 Å². The van der Waals surface area contributed by atoms with Crippen LogP contribution in [-0.4, -0.2) is 56.3 Å². The average Bonchev–Trinajstić information content (AvgIpc) is 2.77. The fraction of sp³-hybridized carbons (Fsp3) is 0.667. The molecule has 1 aromatic rings. The maximum atomic E-state index is 11.5. The van der Waals surface area contributed by atoms with Crippen LogP contribution in [0, 0.1) is 6.92 Å². The summed E-state index contributed by atoms with van der Waals surface area (Å²) in [6, 6.07) is -0.200. The molecule has 1 aromatic heterocycles. The lowest BCUT2D eigenvalue weighted by Crippen LogP contribution is -2.32. The zero-order valence-electron chi connectivity index (χ0n) is 11.7. The first-order valence-corrected chi connectivity index (χ1v) is 7.14. The second-order valence-corrected chi connectivity index (χ2v) is 5.18. The van der Waals surface area contributed by atoms with E-state index < -0.39 is 0 Å². The van der Waals surface area contributed by atoms with Gasteiger partial charge in [-0.15, -0.1) is 11.3 Å². The number of hydrogen-bond donors (Lipinski definition) is 2. The van der Waals surface area contributed by atoms with Crippen LogP contribution in [0.4, 0.5) is 9.93 Å². The molecular weight excluding hydrogens is 264 g/mol. The maximum absolute atomic E-state index is 11.5. The van der Waals surface area contributed by atoms with Crippen LogP contribution < -0.4 is 10.6 Å². The zero-order chi connectivity index (χ0) is 14.1. The van der Waals surface area contributed by atoms with E-state index in [0.29, 0.717) is 11.7 Å². The summed E-state index contributed by atoms with van der Waals surface area (Å²) in [5.74, 6) is 0. The van der Waals surface area contributed by atoms with Crippen LogP contribution in [0.2, 0.25) is 0 Å². The van der Waals surface area contributed by atoms with Crippen molar-refractivity contribution in [3.8, 4) is 0 Å². The monoisotopic (exact) mass is 286 g/mol. The summed E-state index contributed by atoms with van der Waals surface area (Å²) in [4.78, 5) is 17.9. The fourth-order valence-corrected chi connectivity index (χ4v) is 2.15. The second kappa shape index (κ2) is 8.84. The number of nitrogens with zero attached hydrogens (tertiary/aromatic N) is 2. The summed E-state index contributed by atoms with van der Waals surface area (Å²) < 4.78 is 5.00. The number of ether oxygens (including phenoxy) is 1. The van der Waals surface area contributed by atoms with Crippen molar-refractivity contribution in [2.24, 2.45) is 0 Å². The molecule has 0 aliphatic carbocycles. The molecule has 0 fully saturated rings. The number of methoxy groups -OCH3 is 1. The second-order valence-electron chi connectivity index (χ2n) is 4.32. The number of carbonyl (C=O) groups is 1. The van der Waals surface area contributed by atoms with Crippen LogP contribution in [0.15, 0.2) is 5.38 Å². The van der Waals surface area contributed by atoms with Crippen molar-refractivity contribution >= 4 is 22.5 Å². The molecular formula is C12H22N4O2S. The summed E-state index contributed by atoms with van der Waals surface area (Å²) in [6.45, 7) is 5.11. The fourth-order valence-electron chi connectivity index (χ4n) is 1.46. The summed E-state index contributed by atoms with van der Waals surface area (Å²) in [7, 11) is 3.73. The molecule has 7 heteroatoms. The zero-order valence-corrected chi connectivity index (χ0v) is 12.5. The van der Waals surface area contributed by atoms with E-state index in [1.54, 1.807) is 7.11 Å². The standard InChI is InChI=1S/C12H22N4O2S/c1-10-9-19-12(14-10)15-11(17)13-5-4-6-16(2)7-8-18-3/h9H,4-8H2,1-3H3,(H2,13,14,15,17). The smallest absolute Gasteiger partial charge is 0.321 e. The van der Waals surface area contributed by atoms with E-state index in [1.807, 2.05) is 19.4 Å². The minimum atomic E-state index is -0.200. The van der Waals surface area contributed by atoms with Crippen molar-refractivity contribution in [3.05, 3.63) is 11.1 Å². The molecule has 6 nitrogen and oxygen atoms in total. The van der Waals surface area contributed by atoms with Crippen molar-refractivity contribution < 1.29 is 9.53 Å². The normalized spacial score (nSPS) is 10.7. The molecule has 2 N–H and O–H groups in total. The number of rotatable bonds is 8. The Bertz CT molecular complexity index is 384. The van der Waals surface area contributed by atoms with E-state index in [4.69, 9.17) is 4.74 Å². The van der Waals surface area contributed by atoms with Crippen LogP contribution in [0.1, 0.15) is 12.1 Å². The number of anilines is 1. The molecule has 1 heterocycles. The van der Waals surface area contributed by atoms with Gasteiger partial charge in [-0.2, -0.15) is 0 Å². The van der Waals surface area contributed by atoms with Gasteiger partial charge in [0.15, 0.2) is 5.13 Å². The number of carbonyl (C=O) groups excluding carboxylic acids is 1. The van der Waals surface area contributed by atoms with Crippen molar-refractivity contribution in [1.29, 1.82) is 0 Å². The Morgan fingerprint density at radius 2 is 2.32 bits per heavy atom. The Balaban J connectivity index is 2.07. The lowest BCUT2D eigenvalue weighted by molar-refractivity contribution is 0.160. The van der Waals surface area contributed by atoms with Gasteiger partial charge in [-0.05, 0) is 26.9 Å². The van der Waals surface area contributed by atoms with Gasteiger partial charge in [0.2, 0.25) is 0 Å². The SMILES string of the molecule is COCCN(C)CCCNC(=O)Nc1nc(C)cs1. The molecule has 0 radical (unpaired) electrons. The topological polar surface area (TPSA) is 66.5 Å². The molecule has 0 aromatic carbocycles. The predicted octanol–water partition coefficient (Wildman–Crippen LogP) is 1.54. The predicted molar refractivity (Wildman–Crippen MR) is 77.9 cm³/mol. The molecule has 2 amide bonds. The molecule has 0 aliphatic heterocycles. The van der Waals surface area contributed by atoms with Gasteiger partial charge in [-0.1, -0.05) is 0 Å². The number of aryl methyl sites for hydroxylation is 1. The summed E-state index contributed by atoms with van der Waals surface area (Å²) in [6.07, 6.45) is 0.907. The van der Waals surface area contributed by atoms with E-state index in [9.17, 15) is 4.79 Å². The highest BCUT2D eigenvalue weighted by atomic mass is 32.1. The van der Waals surface area contributed by atoms with Crippen LogP contribution >= 0.6 is 11.3 Å². The van der Waals surface area contributed by atoms with E-state index in [-0.39, 0.29) is 6.03 Å². The molecule has 0 saturated heterocycles. The first-order valence-electron chi connectivity index (χ1n) is 6.26. The van der Waals surface area contributed by atoms with Crippen LogP contribution in [0.25, 0.3) is 0 Å². The van der Waals surface area contributed by atoms with Crippen molar-refractivity contribution in [2.45, 2.75) is 13.3 Å². The Morgan fingerprint density at radius 3 is 2.95 bits per heavy atom. The van der Waals surface area contributed by atoms with Gasteiger partial charge in [0.1, 0.15) is 0 Å². The largest absolute Gasteiger partial charge is 0.383 e. The van der Waals surface area contributed by atoms with E-state index in [1.165, 1.54) is 11.3 Å². The molecule has 0 aliphatic rings. The third kappa shape index (κ3) is 7.09. The van der Waals surface area contributed by atoms with Crippen LogP contribution in [-0.2, 0) is 4.74 Å². The lowest BCUT2D eigenvalue weighted by Gasteiger charge is -2.15. The number of nitrogens with one attached hydrogen (secondary N) is 2. The van der Waals surface area contributed by atoms with Crippen molar-refractivity contribution in [3.63, 3.8) is 0 Å². The molecule has 0 unspecified atom stereocenters. The number of likely N-dealkylation sites (N-methyl/N-ethyl adjacent to an activating group) is 1. The Morgan fingerprint density at radius 1 is 1.53 bits per heavy atom. The first kappa shape index (κ1) is 15.9. The number of urea groups is 1. The number of aromatic nitrogens is 1. The first-order chi connectivity index (χ1) is 9.11. The molecule has 0 bridgehead atoms. The Hall–Kier alpha value is -1.18. The van der Waals surface area contributed by atoms with E-state index >= 15 is 0 Å². The van der Waals surface area contributed by atoms with Gasteiger partial charge in [-0.25, -0.2) is 9.78 Å². The minimum Gasteiger partial charge on any atom is -0.383 e. The minimum absolute atomic E-state index is 0.200. The maximum Gasteiger partial charge on any atom is 0.321 e.